The summed E-state index contributed by atoms with van der Waals surface area (Å²) in [5.74, 6) is 0.898. The van der Waals surface area contributed by atoms with Crippen molar-refractivity contribution in [2.24, 2.45) is 12.0 Å². The fraction of sp³-hybridized carbons (Fsp3) is 0.533. The topological polar surface area (TPSA) is 72.5 Å². The molecule has 1 saturated heterocycles. The lowest BCUT2D eigenvalue weighted by Gasteiger charge is -2.34. The second-order valence-corrected chi connectivity index (χ2v) is 5.50. The predicted molar refractivity (Wildman–Crippen MR) is 102 cm³/mol. The second-order valence-electron chi connectivity index (χ2n) is 5.50. The highest BCUT2D eigenvalue weighted by atomic mass is 127. The largest absolute Gasteiger partial charge is 0.370 e. The first kappa shape index (κ1) is 18.7. The molecule has 1 unspecified atom stereocenters. The Bertz CT molecular complexity index is 640. The Kier molecular flexibility index (Phi) is 7.03. The van der Waals surface area contributed by atoms with Gasteiger partial charge in [-0.25, -0.2) is 0 Å². The molecule has 1 aliphatic rings. The van der Waals surface area contributed by atoms with Crippen molar-refractivity contribution in [1.82, 2.24) is 29.8 Å². The molecule has 8 nitrogen and oxygen atoms in total. The van der Waals surface area contributed by atoms with Gasteiger partial charge in [0.2, 0.25) is 0 Å². The molecular weight excluding hydrogens is 421 g/mol. The highest BCUT2D eigenvalue weighted by Crippen LogP contribution is 2.21. The lowest BCUT2D eigenvalue weighted by atomic mass is 10.1. The molecule has 24 heavy (non-hydrogen) atoms. The van der Waals surface area contributed by atoms with Crippen LogP contribution in [0.3, 0.4) is 0 Å². The zero-order chi connectivity index (χ0) is 16.1. The van der Waals surface area contributed by atoms with Gasteiger partial charge in [-0.3, -0.25) is 14.4 Å². The molecule has 2 aromatic heterocycles. The van der Waals surface area contributed by atoms with Crippen LogP contribution in [-0.2, 0) is 18.3 Å². The third-order valence-electron chi connectivity index (χ3n) is 3.86. The number of rotatable bonds is 4. The Balaban J connectivity index is 0.00000208. The van der Waals surface area contributed by atoms with Crippen molar-refractivity contribution < 1.29 is 4.74 Å². The van der Waals surface area contributed by atoms with Crippen molar-refractivity contribution in [2.75, 3.05) is 33.3 Å². The number of nitrogens with one attached hydrogen (secondary N) is 1. The normalized spacial score (nSPS) is 18.3. The van der Waals surface area contributed by atoms with Crippen molar-refractivity contribution in [2.45, 2.75) is 12.6 Å². The number of hydrogen-bond donors (Lipinski definition) is 1. The Labute approximate surface area is 158 Å². The van der Waals surface area contributed by atoms with E-state index in [0.717, 1.165) is 37.7 Å². The molecule has 0 amide bonds. The number of aryl methyl sites for hydroxylation is 1. The SMILES string of the molecule is CN=C(NCCn1cccn1)N1CCOC(c2cnn(C)c2)C1.I. The standard InChI is InChI=1S/C15H23N7O.HI/c1-16-15(17-5-7-22-6-3-4-18-22)21-8-9-23-14(12-21)13-10-19-20(2)11-13;/h3-4,6,10-11,14H,5,7-9,12H2,1-2H3,(H,16,17);1H. The van der Waals surface area contributed by atoms with Crippen molar-refractivity contribution in [1.29, 1.82) is 0 Å². The molecule has 132 valence electrons. The minimum absolute atomic E-state index is 0. The smallest absolute Gasteiger partial charge is 0.193 e. The van der Waals surface area contributed by atoms with E-state index >= 15 is 0 Å². The van der Waals surface area contributed by atoms with E-state index in [9.17, 15) is 0 Å². The van der Waals surface area contributed by atoms with Crippen LogP contribution in [-0.4, -0.2) is 63.7 Å². The molecule has 0 bridgehead atoms. The molecule has 1 aliphatic heterocycles. The van der Waals surface area contributed by atoms with Crippen molar-refractivity contribution in [3.05, 3.63) is 36.4 Å². The maximum atomic E-state index is 5.87. The van der Waals surface area contributed by atoms with Gasteiger partial charge in [0.1, 0.15) is 6.10 Å². The second kappa shape index (κ2) is 9.02. The van der Waals surface area contributed by atoms with Crippen molar-refractivity contribution >= 4 is 29.9 Å². The van der Waals surface area contributed by atoms with Crippen LogP contribution >= 0.6 is 24.0 Å². The van der Waals surface area contributed by atoms with Gasteiger partial charge in [-0.1, -0.05) is 0 Å². The Morgan fingerprint density at radius 2 is 2.33 bits per heavy atom. The first-order valence-corrected chi connectivity index (χ1v) is 7.79. The lowest BCUT2D eigenvalue weighted by Crippen LogP contribution is -2.48. The van der Waals surface area contributed by atoms with E-state index in [-0.39, 0.29) is 30.1 Å². The molecule has 0 saturated carbocycles. The zero-order valence-corrected chi connectivity index (χ0v) is 16.3. The van der Waals surface area contributed by atoms with Crippen LogP contribution in [0.4, 0.5) is 0 Å². The molecule has 0 aromatic carbocycles. The van der Waals surface area contributed by atoms with Gasteiger partial charge in [0.05, 0.1) is 25.9 Å². The fourth-order valence-corrected chi connectivity index (χ4v) is 2.70. The first-order chi connectivity index (χ1) is 11.3. The average Bonchev–Trinajstić information content (AvgIpc) is 3.23. The molecule has 2 aromatic rings. The Morgan fingerprint density at radius 3 is 3.00 bits per heavy atom. The number of aliphatic imine (C=N–C) groups is 1. The number of morpholine rings is 1. The third kappa shape index (κ3) is 4.69. The van der Waals surface area contributed by atoms with Crippen molar-refractivity contribution in [3.8, 4) is 0 Å². The third-order valence-corrected chi connectivity index (χ3v) is 3.86. The van der Waals surface area contributed by atoms with Gasteiger partial charge >= 0.3 is 0 Å². The summed E-state index contributed by atoms with van der Waals surface area (Å²) in [6.07, 6.45) is 7.64. The van der Waals surface area contributed by atoms with Crippen LogP contribution in [0.2, 0.25) is 0 Å². The van der Waals surface area contributed by atoms with E-state index < -0.39 is 0 Å². The molecule has 0 radical (unpaired) electrons. The van der Waals surface area contributed by atoms with E-state index in [1.807, 2.05) is 43.4 Å². The maximum absolute atomic E-state index is 5.87. The molecule has 3 rings (SSSR count). The maximum Gasteiger partial charge on any atom is 0.193 e. The Hall–Kier alpha value is -1.62. The quantitative estimate of drug-likeness (QED) is 0.430. The van der Waals surface area contributed by atoms with Crippen LogP contribution < -0.4 is 5.32 Å². The molecule has 1 N–H and O–H groups in total. The van der Waals surface area contributed by atoms with E-state index in [0.29, 0.717) is 6.61 Å². The van der Waals surface area contributed by atoms with Crippen LogP contribution in [0.15, 0.2) is 35.8 Å². The van der Waals surface area contributed by atoms with E-state index in [1.165, 1.54) is 0 Å². The van der Waals surface area contributed by atoms with Gasteiger partial charge < -0.3 is 15.0 Å². The number of hydrogen-bond acceptors (Lipinski definition) is 4. The fourth-order valence-electron chi connectivity index (χ4n) is 2.70. The van der Waals surface area contributed by atoms with Gasteiger partial charge in [0.25, 0.3) is 0 Å². The summed E-state index contributed by atoms with van der Waals surface area (Å²) in [5, 5.41) is 11.8. The van der Waals surface area contributed by atoms with Gasteiger partial charge in [-0.05, 0) is 6.07 Å². The summed E-state index contributed by atoms with van der Waals surface area (Å²) in [5.41, 5.74) is 1.10. The van der Waals surface area contributed by atoms with Gasteiger partial charge in [-0.15, -0.1) is 24.0 Å². The van der Waals surface area contributed by atoms with E-state index in [2.05, 4.69) is 25.4 Å². The molecule has 1 fully saturated rings. The number of ether oxygens (including phenoxy) is 1. The monoisotopic (exact) mass is 445 g/mol. The van der Waals surface area contributed by atoms with E-state index in [4.69, 9.17) is 4.74 Å². The summed E-state index contributed by atoms with van der Waals surface area (Å²) in [7, 11) is 3.73. The summed E-state index contributed by atoms with van der Waals surface area (Å²) >= 11 is 0. The molecule has 3 heterocycles. The number of halogens is 1. The van der Waals surface area contributed by atoms with E-state index in [1.54, 1.807) is 10.9 Å². The van der Waals surface area contributed by atoms with Crippen LogP contribution in [0.5, 0.6) is 0 Å². The molecule has 9 heteroatoms. The predicted octanol–water partition coefficient (Wildman–Crippen LogP) is 0.883. The summed E-state index contributed by atoms with van der Waals surface area (Å²) < 4.78 is 9.57. The number of nitrogens with zero attached hydrogens (tertiary/aromatic N) is 6. The minimum atomic E-state index is 0. The van der Waals surface area contributed by atoms with Crippen molar-refractivity contribution in [3.63, 3.8) is 0 Å². The van der Waals surface area contributed by atoms with Crippen LogP contribution in [0.25, 0.3) is 0 Å². The zero-order valence-electron chi connectivity index (χ0n) is 14.0. The highest BCUT2D eigenvalue weighted by Gasteiger charge is 2.24. The van der Waals surface area contributed by atoms with Crippen LogP contribution in [0, 0.1) is 0 Å². The number of guanidine groups is 1. The minimum Gasteiger partial charge on any atom is -0.370 e. The van der Waals surface area contributed by atoms with Gasteiger partial charge in [-0.2, -0.15) is 10.2 Å². The number of aromatic nitrogens is 4. The Morgan fingerprint density at radius 1 is 1.46 bits per heavy atom. The molecule has 1 atom stereocenters. The lowest BCUT2D eigenvalue weighted by molar-refractivity contribution is -0.00803. The molecule has 0 spiro atoms. The summed E-state index contributed by atoms with van der Waals surface area (Å²) in [6.45, 7) is 3.87. The van der Waals surface area contributed by atoms with Crippen LogP contribution in [0.1, 0.15) is 11.7 Å². The summed E-state index contributed by atoms with van der Waals surface area (Å²) in [6, 6.07) is 1.93. The molecule has 0 aliphatic carbocycles. The highest BCUT2D eigenvalue weighted by molar-refractivity contribution is 14.0. The first-order valence-electron chi connectivity index (χ1n) is 7.79. The summed E-state index contributed by atoms with van der Waals surface area (Å²) in [4.78, 5) is 6.62. The van der Waals surface area contributed by atoms with Gasteiger partial charge in [0.15, 0.2) is 5.96 Å². The van der Waals surface area contributed by atoms with Gasteiger partial charge in [0, 0.05) is 51.3 Å². The average molecular weight is 445 g/mol. The molecular formula is C15H24IN7O.